The van der Waals surface area contributed by atoms with Gasteiger partial charge in [0, 0.05) is 57.5 Å². The lowest BCUT2D eigenvalue weighted by molar-refractivity contribution is -0.134. The second-order valence-corrected chi connectivity index (χ2v) is 6.70. The molecule has 9 heteroatoms. The Morgan fingerprint density at radius 1 is 1.21 bits per heavy atom. The molecule has 29 heavy (non-hydrogen) atoms. The van der Waals surface area contributed by atoms with Gasteiger partial charge >= 0.3 is 0 Å². The van der Waals surface area contributed by atoms with Gasteiger partial charge in [-0.1, -0.05) is 0 Å². The average Bonchev–Trinajstić information content (AvgIpc) is 3.16. The lowest BCUT2D eigenvalue weighted by atomic mass is 10.0. The number of aromatic nitrogens is 2. The van der Waals surface area contributed by atoms with Gasteiger partial charge in [0.2, 0.25) is 5.91 Å². The van der Waals surface area contributed by atoms with Crippen LogP contribution in [0.1, 0.15) is 35.1 Å². The normalized spacial score (nSPS) is 16.1. The van der Waals surface area contributed by atoms with Crippen LogP contribution >= 0.6 is 12.4 Å². The van der Waals surface area contributed by atoms with E-state index in [1.54, 1.807) is 31.5 Å². The van der Waals surface area contributed by atoms with E-state index in [2.05, 4.69) is 10.3 Å². The molecule has 1 aromatic carbocycles. The molecule has 1 unspecified atom stereocenters. The molecule has 1 aromatic heterocycles. The standard InChI is InChI=1S/C20H26N4O4.ClH/c1-23-10-9-22-20(23)15-13-21-8-11-24(15)19(26)7-5-16(25)14-4-6-17(27-2)18(12-14)28-3;/h4,6,9-10,12,15,21H,5,7-8,11,13H2,1-3H3;1H. The number of piperazine rings is 1. The summed E-state index contributed by atoms with van der Waals surface area (Å²) < 4.78 is 12.4. The largest absolute Gasteiger partial charge is 0.493 e. The first kappa shape index (κ1) is 22.7. The number of ketones is 1. The first-order valence-corrected chi connectivity index (χ1v) is 9.27. The fourth-order valence-corrected chi connectivity index (χ4v) is 3.45. The highest BCUT2D eigenvalue weighted by atomic mass is 35.5. The molecule has 1 amide bonds. The number of amides is 1. The summed E-state index contributed by atoms with van der Waals surface area (Å²) >= 11 is 0. The fourth-order valence-electron chi connectivity index (χ4n) is 3.45. The Bertz CT molecular complexity index is 855. The van der Waals surface area contributed by atoms with E-state index in [0.717, 1.165) is 12.4 Å². The minimum Gasteiger partial charge on any atom is -0.493 e. The van der Waals surface area contributed by atoms with Crippen molar-refractivity contribution in [1.29, 1.82) is 0 Å². The molecule has 3 rings (SSSR count). The Kier molecular flexibility index (Phi) is 8.04. The van der Waals surface area contributed by atoms with Crippen LogP contribution in [0.25, 0.3) is 0 Å². The number of aryl methyl sites for hydroxylation is 1. The molecule has 1 atom stereocenters. The number of hydrogen-bond acceptors (Lipinski definition) is 6. The molecule has 0 saturated carbocycles. The van der Waals surface area contributed by atoms with Gasteiger partial charge in [-0.15, -0.1) is 12.4 Å². The van der Waals surface area contributed by atoms with Crippen LogP contribution in [0.5, 0.6) is 11.5 Å². The molecule has 0 aliphatic carbocycles. The molecule has 1 saturated heterocycles. The first-order valence-electron chi connectivity index (χ1n) is 9.27. The number of nitrogens with one attached hydrogen (secondary N) is 1. The molecule has 1 N–H and O–H groups in total. The highest BCUT2D eigenvalue weighted by Gasteiger charge is 2.30. The zero-order valence-electron chi connectivity index (χ0n) is 16.9. The number of rotatable bonds is 7. The monoisotopic (exact) mass is 422 g/mol. The summed E-state index contributed by atoms with van der Waals surface area (Å²) in [6, 6.07) is 4.90. The molecule has 2 aromatic rings. The van der Waals surface area contributed by atoms with Gasteiger partial charge in [0.15, 0.2) is 17.3 Å². The number of imidazole rings is 1. The number of carbonyl (C=O) groups is 2. The number of ether oxygens (including phenoxy) is 2. The van der Waals surface area contributed by atoms with Crippen LogP contribution < -0.4 is 14.8 Å². The Morgan fingerprint density at radius 3 is 2.62 bits per heavy atom. The van der Waals surface area contributed by atoms with Crippen molar-refractivity contribution in [2.45, 2.75) is 18.9 Å². The molecule has 8 nitrogen and oxygen atoms in total. The molecule has 1 aliphatic heterocycles. The van der Waals surface area contributed by atoms with Crippen molar-refractivity contribution in [3.05, 3.63) is 42.0 Å². The van der Waals surface area contributed by atoms with E-state index < -0.39 is 0 Å². The molecule has 0 spiro atoms. The molecular formula is C20H27ClN4O4. The number of methoxy groups -OCH3 is 2. The molecule has 0 bridgehead atoms. The summed E-state index contributed by atoms with van der Waals surface area (Å²) in [7, 11) is 4.99. The number of nitrogens with zero attached hydrogens (tertiary/aromatic N) is 3. The lowest BCUT2D eigenvalue weighted by Crippen LogP contribution is -2.49. The van der Waals surface area contributed by atoms with Crippen molar-refractivity contribution >= 4 is 24.1 Å². The van der Waals surface area contributed by atoms with E-state index >= 15 is 0 Å². The molecule has 0 radical (unpaired) electrons. The molecule has 158 valence electrons. The molecule has 1 fully saturated rings. The number of halogens is 1. The van der Waals surface area contributed by atoms with Crippen LogP contribution in [-0.4, -0.2) is 60.0 Å². The SMILES string of the molecule is COc1ccc(C(=O)CCC(=O)N2CCNCC2c2nccn2C)cc1OC.Cl. The molecule has 1 aliphatic rings. The topological polar surface area (TPSA) is 85.7 Å². The fraction of sp³-hybridized carbons (Fsp3) is 0.450. The third-order valence-electron chi connectivity index (χ3n) is 4.99. The Hall–Kier alpha value is -2.58. The van der Waals surface area contributed by atoms with Crippen molar-refractivity contribution in [2.24, 2.45) is 7.05 Å². The van der Waals surface area contributed by atoms with Gasteiger partial charge in [-0.3, -0.25) is 9.59 Å². The van der Waals surface area contributed by atoms with Gasteiger partial charge in [-0.25, -0.2) is 4.98 Å². The van der Waals surface area contributed by atoms with Crippen molar-refractivity contribution in [3.8, 4) is 11.5 Å². The summed E-state index contributed by atoms with van der Waals surface area (Å²) in [5.74, 6) is 1.76. The molecular weight excluding hydrogens is 396 g/mol. The summed E-state index contributed by atoms with van der Waals surface area (Å²) in [5, 5.41) is 3.31. The number of carbonyl (C=O) groups excluding carboxylic acids is 2. The Morgan fingerprint density at radius 2 is 1.97 bits per heavy atom. The first-order chi connectivity index (χ1) is 13.5. The van der Waals surface area contributed by atoms with E-state index in [1.807, 2.05) is 22.7 Å². The zero-order valence-corrected chi connectivity index (χ0v) is 17.7. The van der Waals surface area contributed by atoms with E-state index in [9.17, 15) is 9.59 Å². The third-order valence-corrected chi connectivity index (χ3v) is 4.99. The minimum atomic E-state index is -0.127. The summed E-state index contributed by atoms with van der Waals surface area (Å²) in [6.07, 6.45) is 3.90. The van der Waals surface area contributed by atoms with Gasteiger partial charge in [0.25, 0.3) is 0 Å². The smallest absolute Gasteiger partial charge is 0.223 e. The maximum atomic E-state index is 12.8. The lowest BCUT2D eigenvalue weighted by Gasteiger charge is -2.35. The quantitative estimate of drug-likeness (QED) is 0.687. The van der Waals surface area contributed by atoms with Crippen LogP contribution in [0.4, 0.5) is 0 Å². The average molecular weight is 423 g/mol. The van der Waals surface area contributed by atoms with E-state index in [1.165, 1.54) is 7.11 Å². The van der Waals surface area contributed by atoms with Crippen LogP contribution in [0, 0.1) is 0 Å². The van der Waals surface area contributed by atoms with Gasteiger partial charge < -0.3 is 24.3 Å². The number of hydrogen-bond donors (Lipinski definition) is 1. The highest BCUT2D eigenvalue weighted by molar-refractivity contribution is 5.98. The number of benzene rings is 1. The van der Waals surface area contributed by atoms with Gasteiger partial charge in [0.05, 0.1) is 14.2 Å². The zero-order chi connectivity index (χ0) is 20.1. The second-order valence-electron chi connectivity index (χ2n) is 6.70. The van der Waals surface area contributed by atoms with Crippen molar-refractivity contribution in [1.82, 2.24) is 19.8 Å². The van der Waals surface area contributed by atoms with E-state index in [4.69, 9.17) is 9.47 Å². The number of Topliss-reactive ketones (excluding diaryl/α,β-unsaturated/α-hetero) is 1. The van der Waals surface area contributed by atoms with Gasteiger partial charge in [0.1, 0.15) is 11.9 Å². The maximum Gasteiger partial charge on any atom is 0.223 e. The van der Waals surface area contributed by atoms with Crippen molar-refractivity contribution < 1.29 is 19.1 Å². The van der Waals surface area contributed by atoms with E-state index in [-0.39, 0.29) is 43.0 Å². The van der Waals surface area contributed by atoms with Gasteiger partial charge in [-0.05, 0) is 18.2 Å². The summed E-state index contributed by atoms with van der Waals surface area (Å²) in [4.78, 5) is 31.6. The summed E-state index contributed by atoms with van der Waals surface area (Å²) in [5.41, 5.74) is 0.506. The maximum absolute atomic E-state index is 12.8. The minimum absolute atomic E-state index is 0. The van der Waals surface area contributed by atoms with Crippen molar-refractivity contribution in [3.63, 3.8) is 0 Å². The van der Waals surface area contributed by atoms with Crippen LogP contribution in [0.3, 0.4) is 0 Å². The van der Waals surface area contributed by atoms with Crippen LogP contribution in [-0.2, 0) is 11.8 Å². The van der Waals surface area contributed by atoms with E-state index in [0.29, 0.717) is 30.2 Å². The Labute approximate surface area is 176 Å². The predicted octanol–water partition coefficient (Wildman–Crippen LogP) is 2.00. The highest BCUT2D eigenvalue weighted by Crippen LogP contribution is 2.28. The van der Waals surface area contributed by atoms with Gasteiger partial charge in [-0.2, -0.15) is 0 Å². The van der Waals surface area contributed by atoms with Crippen LogP contribution in [0.2, 0.25) is 0 Å². The third kappa shape index (κ3) is 5.07. The second kappa shape index (κ2) is 10.3. The van der Waals surface area contributed by atoms with Crippen LogP contribution in [0.15, 0.2) is 30.6 Å². The van der Waals surface area contributed by atoms with Crippen molar-refractivity contribution in [2.75, 3.05) is 33.9 Å². The molecule has 2 heterocycles. The summed E-state index contributed by atoms with van der Waals surface area (Å²) in [6.45, 7) is 1.98. The Balaban J connectivity index is 0.00000300. The predicted molar refractivity (Wildman–Crippen MR) is 111 cm³/mol.